The van der Waals surface area contributed by atoms with Gasteiger partial charge in [0.25, 0.3) is 0 Å². The quantitative estimate of drug-likeness (QED) is 0.635. The second kappa shape index (κ2) is 9.03. The van der Waals surface area contributed by atoms with E-state index in [4.69, 9.17) is 27.9 Å². The Morgan fingerprint density at radius 2 is 1.77 bits per heavy atom. The van der Waals surface area contributed by atoms with Crippen LogP contribution in [0.15, 0.2) is 36.4 Å². The first kappa shape index (κ1) is 23.3. The summed E-state index contributed by atoms with van der Waals surface area (Å²) in [5.41, 5.74) is 1.85. The molecule has 1 N–H and O–H groups in total. The molecule has 2 fully saturated rings. The SMILES string of the molecule is C[N+]1(C)[C@@H]2CC[C@H]1C[C@@H](OC(=O)Nc1ccc(Cl)cc1-c1ccc(F)c(Cl)c1)C2.[Br-]. The van der Waals surface area contributed by atoms with Gasteiger partial charge in [-0.05, 0) is 35.9 Å². The Morgan fingerprint density at radius 3 is 2.40 bits per heavy atom. The smallest absolute Gasteiger partial charge is 0.411 e. The number of fused-ring (bicyclic) bond motifs is 2. The van der Waals surface area contributed by atoms with Crippen molar-refractivity contribution in [1.29, 1.82) is 0 Å². The lowest BCUT2D eigenvalue weighted by molar-refractivity contribution is -0.931. The van der Waals surface area contributed by atoms with Gasteiger partial charge >= 0.3 is 6.09 Å². The fourth-order valence-electron chi connectivity index (χ4n) is 4.75. The summed E-state index contributed by atoms with van der Waals surface area (Å²) in [6, 6.07) is 10.6. The third-order valence-corrected chi connectivity index (χ3v) is 7.03. The highest BCUT2D eigenvalue weighted by molar-refractivity contribution is 6.31. The minimum absolute atomic E-state index is 0. The highest BCUT2D eigenvalue weighted by Gasteiger charge is 2.49. The Bertz CT molecular complexity index is 941. The molecule has 4 rings (SSSR count). The molecule has 2 aliphatic rings. The first-order chi connectivity index (χ1) is 13.7. The van der Waals surface area contributed by atoms with Crippen molar-refractivity contribution < 1.29 is 35.4 Å². The lowest BCUT2D eigenvalue weighted by atomic mass is 9.98. The van der Waals surface area contributed by atoms with Crippen molar-refractivity contribution >= 4 is 35.0 Å². The van der Waals surface area contributed by atoms with Crippen molar-refractivity contribution in [2.45, 2.75) is 43.9 Å². The molecule has 2 aromatic rings. The Balaban J connectivity index is 0.00000256. The van der Waals surface area contributed by atoms with Crippen LogP contribution in [-0.4, -0.2) is 42.9 Å². The van der Waals surface area contributed by atoms with E-state index in [1.165, 1.54) is 25.0 Å². The third-order valence-electron chi connectivity index (χ3n) is 6.51. The van der Waals surface area contributed by atoms with Crippen molar-refractivity contribution in [3.63, 3.8) is 0 Å². The van der Waals surface area contributed by atoms with Gasteiger partial charge in [-0.15, -0.1) is 0 Å². The fourth-order valence-corrected chi connectivity index (χ4v) is 5.10. The number of nitrogens with one attached hydrogen (secondary N) is 1. The lowest BCUT2D eigenvalue weighted by Crippen LogP contribution is -3.00. The van der Waals surface area contributed by atoms with Gasteiger partial charge < -0.3 is 26.2 Å². The van der Waals surface area contributed by atoms with Crippen molar-refractivity contribution in [3.8, 4) is 11.1 Å². The molecule has 2 aliphatic heterocycles. The van der Waals surface area contributed by atoms with E-state index < -0.39 is 11.9 Å². The van der Waals surface area contributed by atoms with Gasteiger partial charge in [-0.2, -0.15) is 0 Å². The van der Waals surface area contributed by atoms with Crippen LogP contribution in [0.5, 0.6) is 0 Å². The molecule has 2 saturated heterocycles. The number of carbonyl (C=O) groups is 1. The molecule has 2 aromatic carbocycles. The van der Waals surface area contributed by atoms with Crippen molar-refractivity contribution in [1.82, 2.24) is 0 Å². The number of hydrogen-bond donors (Lipinski definition) is 1. The molecule has 8 heteroatoms. The normalized spacial score (nSPS) is 24.1. The van der Waals surface area contributed by atoms with Crippen LogP contribution < -0.4 is 22.3 Å². The second-order valence-electron chi connectivity index (χ2n) is 8.46. The number of carbonyl (C=O) groups excluding carboxylic acids is 1. The zero-order valence-electron chi connectivity index (χ0n) is 16.8. The molecule has 0 aromatic heterocycles. The van der Waals surface area contributed by atoms with Gasteiger partial charge in [-0.1, -0.05) is 29.3 Å². The van der Waals surface area contributed by atoms with Crippen LogP contribution in [0.1, 0.15) is 25.7 Å². The Labute approximate surface area is 196 Å². The Hall–Kier alpha value is -1.34. The van der Waals surface area contributed by atoms with Gasteiger partial charge in [-0.25, -0.2) is 9.18 Å². The molecule has 162 valence electrons. The van der Waals surface area contributed by atoms with E-state index in [2.05, 4.69) is 19.4 Å². The second-order valence-corrected chi connectivity index (χ2v) is 9.30. The standard InChI is InChI=1S/C22H23Cl2FN2O2.BrH/c1-27(2)15-5-6-16(27)12-17(11-15)29-22(28)26-21-8-4-14(23)10-18(21)13-3-7-20(25)19(24)9-13;/h3-4,7-10,15-17H,5-6,11-12H2,1-2H3;1H/t15-,16+,17+;. The van der Waals surface area contributed by atoms with Gasteiger partial charge in [0.15, 0.2) is 0 Å². The summed E-state index contributed by atoms with van der Waals surface area (Å²) < 4.78 is 20.3. The van der Waals surface area contributed by atoms with Crippen LogP contribution in [-0.2, 0) is 4.74 Å². The molecular weight excluding hydrogens is 494 g/mol. The average molecular weight is 518 g/mol. The lowest BCUT2D eigenvalue weighted by Gasteiger charge is -2.43. The Morgan fingerprint density at radius 1 is 1.10 bits per heavy atom. The van der Waals surface area contributed by atoms with Crippen LogP contribution in [0.3, 0.4) is 0 Å². The van der Waals surface area contributed by atoms with Gasteiger partial charge in [0.2, 0.25) is 0 Å². The molecule has 2 bridgehead atoms. The number of amides is 1. The van der Waals surface area contributed by atoms with E-state index in [1.54, 1.807) is 24.3 Å². The van der Waals surface area contributed by atoms with Crippen LogP contribution in [0.4, 0.5) is 14.9 Å². The molecule has 0 aliphatic carbocycles. The molecule has 3 atom stereocenters. The number of quaternary nitrogens is 1. The van der Waals surface area contributed by atoms with Crippen molar-refractivity contribution in [2.75, 3.05) is 19.4 Å². The van der Waals surface area contributed by atoms with E-state index in [1.807, 2.05) is 0 Å². The maximum Gasteiger partial charge on any atom is 0.411 e. The summed E-state index contributed by atoms with van der Waals surface area (Å²) in [6.07, 6.45) is 3.58. The van der Waals surface area contributed by atoms with Crippen molar-refractivity contribution in [2.24, 2.45) is 0 Å². The molecule has 0 radical (unpaired) electrons. The van der Waals surface area contributed by atoms with Gasteiger partial charge in [-0.3, -0.25) is 5.32 Å². The minimum Gasteiger partial charge on any atom is -1.00 e. The number of benzene rings is 2. The summed E-state index contributed by atoms with van der Waals surface area (Å²) in [6.45, 7) is 0. The summed E-state index contributed by atoms with van der Waals surface area (Å²) in [5.74, 6) is -0.500. The number of ether oxygens (including phenoxy) is 1. The Kier molecular flexibility index (Phi) is 7.02. The van der Waals surface area contributed by atoms with Gasteiger partial charge in [0, 0.05) is 36.3 Å². The fraction of sp³-hybridized carbons (Fsp3) is 0.409. The summed E-state index contributed by atoms with van der Waals surface area (Å²) >= 11 is 12.1. The predicted octanol–water partition coefficient (Wildman–Crippen LogP) is 3.12. The van der Waals surface area contributed by atoms with E-state index in [9.17, 15) is 9.18 Å². The van der Waals surface area contributed by atoms with E-state index in [0.717, 1.165) is 17.3 Å². The first-order valence-corrected chi connectivity index (χ1v) is 10.6. The summed E-state index contributed by atoms with van der Waals surface area (Å²) in [7, 11) is 4.54. The maximum absolute atomic E-state index is 13.5. The largest absolute Gasteiger partial charge is 1.00 e. The molecular formula is C22H24BrCl2FN2O2. The highest BCUT2D eigenvalue weighted by atomic mass is 79.9. The monoisotopic (exact) mass is 516 g/mol. The highest BCUT2D eigenvalue weighted by Crippen LogP contribution is 2.40. The zero-order valence-corrected chi connectivity index (χ0v) is 19.9. The molecule has 0 saturated carbocycles. The number of halogens is 4. The summed E-state index contributed by atoms with van der Waals surface area (Å²) in [5, 5.41) is 3.34. The number of piperidine rings is 1. The van der Waals surface area contributed by atoms with E-state index in [0.29, 0.717) is 33.9 Å². The number of nitrogens with zero attached hydrogens (tertiary/aromatic N) is 1. The minimum atomic E-state index is -0.500. The number of anilines is 1. The number of rotatable bonds is 3. The molecule has 4 nitrogen and oxygen atoms in total. The van der Waals surface area contributed by atoms with E-state index >= 15 is 0 Å². The zero-order chi connectivity index (χ0) is 20.8. The van der Waals surface area contributed by atoms with Crippen molar-refractivity contribution in [3.05, 3.63) is 52.3 Å². The molecule has 1 amide bonds. The van der Waals surface area contributed by atoms with Crippen LogP contribution in [0, 0.1) is 5.82 Å². The van der Waals surface area contributed by atoms with Crippen LogP contribution in [0.25, 0.3) is 11.1 Å². The molecule has 30 heavy (non-hydrogen) atoms. The van der Waals surface area contributed by atoms with Crippen LogP contribution in [0.2, 0.25) is 10.0 Å². The molecule has 2 heterocycles. The number of hydrogen-bond acceptors (Lipinski definition) is 2. The topological polar surface area (TPSA) is 38.3 Å². The van der Waals surface area contributed by atoms with Gasteiger partial charge in [0.05, 0.1) is 36.9 Å². The summed E-state index contributed by atoms with van der Waals surface area (Å²) in [4.78, 5) is 12.6. The maximum atomic E-state index is 13.5. The van der Waals surface area contributed by atoms with E-state index in [-0.39, 0.29) is 28.1 Å². The predicted molar refractivity (Wildman–Crippen MR) is 114 cm³/mol. The average Bonchev–Trinajstić information content (AvgIpc) is 2.83. The van der Waals surface area contributed by atoms with Gasteiger partial charge in [0.1, 0.15) is 11.9 Å². The third kappa shape index (κ3) is 4.62. The molecule has 0 unspecified atom stereocenters. The van der Waals surface area contributed by atoms with Crippen LogP contribution >= 0.6 is 23.2 Å². The molecule has 0 spiro atoms. The first-order valence-electron chi connectivity index (χ1n) is 9.80.